The van der Waals surface area contributed by atoms with E-state index in [9.17, 15) is 4.79 Å². The molecule has 26 heavy (non-hydrogen) atoms. The highest BCUT2D eigenvalue weighted by atomic mass is 16.2. The fraction of sp³-hybridized carbons (Fsp3) is 0.850. The van der Waals surface area contributed by atoms with Gasteiger partial charge in [-0.15, -0.1) is 0 Å². The lowest BCUT2D eigenvalue weighted by atomic mass is 9.74. The van der Waals surface area contributed by atoms with Crippen molar-refractivity contribution < 1.29 is 4.79 Å². The Bertz CT molecular complexity index is 587. The summed E-state index contributed by atoms with van der Waals surface area (Å²) in [7, 11) is 0. The van der Waals surface area contributed by atoms with E-state index >= 15 is 0 Å². The Balaban J connectivity index is 1.32. The van der Waals surface area contributed by atoms with Gasteiger partial charge in [-0.1, -0.05) is 19.8 Å². The van der Waals surface area contributed by atoms with Crippen LogP contribution in [0.2, 0.25) is 0 Å². The van der Waals surface area contributed by atoms with E-state index in [1.54, 1.807) is 12.7 Å². The molecule has 1 aromatic heterocycles. The van der Waals surface area contributed by atoms with E-state index in [4.69, 9.17) is 0 Å². The van der Waals surface area contributed by atoms with Crippen molar-refractivity contribution in [2.75, 3.05) is 19.6 Å². The second-order valence-corrected chi connectivity index (χ2v) is 8.56. The molecule has 4 atom stereocenters. The molecule has 6 nitrogen and oxygen atoms in total. The predicted octanol–water partition coefficient (Wildman–Crippen LogP) is 2.56. The minimum atomic E-state index is 0.342. The van der Waals surface area contributed by atoms with Crippen molar-refractivity contribution in [1.29, 1.82) is 0 Å². The van der Waals surface area contributed by atoms with Crippen LogP contribution in [0, 0.1) is 11.8 Å². The van der Waals surface area contributed by atoms with Crippen LogP contribution < -0.4 is 0 Å². The van der Waals surface area contributed by atoms with Crippen LogP contribution in [0.15, 0.2) is 12.7 Å². The van der Waals surface area contributed by atoms with Gasteiger partial charge >= 0.3 is 0 Å². The quantitative estimate of drug-likeness (QED) is 0.783. The van der Waals surface area contributed by atoms with E-state index in [-0.39, 0.29) is 0 Å². The molecule has 144 valence electrons. The molecule has 3 fully saturated rings. The number of rotatable bonds is 6. The predicted molar refractivity (Wildman–Crippen MR) is 100 cm³/mol. The van der Waals surface area contributed by atoms with Gasteiger partial charge in [0.2, 0.25) is 5.91 Å². The maximum atomic E-state index is 12.8. The Labute approximate surface area is 156 Å². The monoisotopic (exact) mass is 359 g/mol. The highest BCUT2D eigenvalue weighted by Crippen LogP contribution is 2.40. The van der Waals surface area contributed by atoms with Crippen molar-refractivity contribution in [3.8, 4) is 0 Å². The van der Waals surface area contributed by atoms with Crippen LogP contribution in [0.25, 0.3) is 0 Å². The third-order valence-corrected chi connectivity index (χ3v) is 6.73. The van der Waals surface area contributed by atoms with Crippen molar-refractivity contribution in [1.82, 2.24) is 24.6 Å². The summed E-state index contributed by atoms with van der Waals surface area (Å²) in [6, 6.07) is 1.52. The minimum absolute atomic E-state index is 0.342. The number of piperidine rings is 3. The van der Waals surface area contributed by atoms with E-state index in [2.05, 4.69) is 26.8 Å². The van der Waals surface area contributed by atoms with E-state index < -0.39 is 0 Å². The third kappa shape index (κ3) is 3.80. The fourth-order valence-electron chi connectivity index (χ4n) is 5.66. The van der Waals surface area contributed by atoms with Crippen molar-refractivity contribution in [2.45, 2.75) is 76.9 Å². The van der Waals surface area contributed by atoms with E-state index in [0.717, 1.165) is 38.1 Å². The van der Waals surface area contributed by atoms with Crippen LogP contribution in [0.3, 0.4) is 0 Å². The summed E-state index contributed by atoms with van der Waals surface area (Å²) in [5.41, 5.74) is 0. The molecule has 0 unspecified atom stereocenters. The number of likely N-dealkylation sites (tertiary alicyclic amines) is 1. The Morgan fingerprint density at radius 3 is 2.96 bits per heavy atom. The Morgan fingerprint density at radius 2 is 2.15 bits per heavy atom. The molecule has 4 rings (SSSR count). The minimum Gasteiger partial charge on any atom is -0.342 e. The summed E-state index contributed by atoms with van der Waals surface area (Å²) in [4.78, 5) is 21.7. The molecular weight excluding hydrogens is 326 g/mol. The first-order valence-electron chi connectivity index (χ1n) is 10.6. The Kier molecular flexibility index (Phi) is 5.57. The molecule has 0 N–H and O–H groups in total. The summed E-state index contributed by atoms with van der Waals surface area (Å²) in [6.45, 7) is 6.27. The standard InChI is InChI=1S/C20H33N5O/c1-2-5-18-6-3-7-19-17-10-16(12-25(18)19)11-23(13-17)20(26)8-4-9-24-15-21-14-22-24/h14-19H,2-13H2,1H3/t16-,17+,18-,19-/m0/s1. The average Bonchev–Trinajstić information content (AvgIpc) is 3.16. The maximum absolute atomic E-state index is 12.8. The lowest BCUT2D eigenvalue weighted by Gasteiger charge is -2.55. The average molecular weight is 360 g/mol. The highest BCUT2D eigenvalue weighted by Gasteiger charge is 2.44. The number of hydrogen-bond donors (Lipinski definition) is 0. The van der Waals surface area contributed by atoms with Crippen LogP contribution >= 0.6 is 0 Å². The molecule has 0 spiro atoms. The summed E-state index contributed by atoms with van der Waals surface area (Å²) >= 11 is 0. The molecule has 3 saturated heterocycles. The number of aryl methyl sites for hydroxylation is 1. The van der Waals surface area contributed by atoms with Crippen LogP contribution in [0.1, 0.15) is 58.3 Å². The van der Waals surface area contributed by atoms with E-state index in [1.807, 2.05) is 4.68 Å². The van der Waals surface area contributed by atoms with Crippen molar-refractivity contribution in [3.05, 3.63) is 12.7 Å². The number of fused-ring (bicyclic) bond motifs is 4. The first kappa shape index (κ1) is 18.0. The summed E-state index contributed by atoms with van der Waals surface area (Å²) in [6.07, 6.45) is 12.8. The summed E-state index contributed by atoms with van der Waals surface area (Å²) < 4.78 is 1.81. The van der Waals surface area contributed by atoms with E-state index in [0.29, 0.717) is 24.2 Å². The Hall–Kier alpha value is -1.43. The zero-order valence-electron chi connectivity index (χ0n) is 16.1. The number of aromatic nitrogens is 3. The van der Waals surface area contributed by atoms with Crippen LogP contribution in [0.4, 0.5) is 0 Å². The molecular formula is C20H33N5O. The third-order valence-electron chi connectivity index (χ3n) is 6.73. The van der Waals surface area contributed by atoms with E-state index in [1.165, 1.54) is 45.1 Å². The normalized spacial score (nSPS) is 31.7. The molecule has 6 heteroatoms. The molecule has 4 heterocycles. The molecule has 0 aliphatic carbocycles. The van der Waals surface area contributed by atoms with Gasteiger partial charge in [-0.05, 0) is 43.9 Å². The van der Waals surface area contributed by atoms with Gasteiger partial charge in [0.15, 0.2) is 0 Å². The van der Waals surface area contributed by atoms with Gasteiger partial charge in [-0.3, -0.25) is 14.4 Å². The summed E-state index contributed by atoms with van der Waals surface area (Å²) in [5, 5.41) is 4.11. The van der Waals surface area contributed by atoms with Crippen LogP contribution in [-0.4, -0.2) is 62.2 Å². The van der Waals surface area contributed by atoms with Crippen molar-refractivity contribution >= 4 is 5.91 Å². The van der Waals surface area contributed by atoms with Crippen LogP contribution in [0.5, 0.6) is 0 Å². The van der Waals surface area contributed by atoms with Gasteiger partial charge in [0.05, 0.1) is 0 Å². The number of nitrogens with zero attached hydrogens (tertiary/aromatic N) is 5. The van der Waals surface area contributed by atoms with Gasteiger partial charge in [-0.25, -0.2) is 4.98 Å². The summed E-state index contributed by atoms with van der Waals surface area (Å²) in [5.74, 6) is 1.72. The lowest BCUT2D eigenvalue weighted by Crippen LogP contribution is -2.62. The highest BCUT2D eigenvalue weighted by molar-refractivity contribution is 5.76. The molecule has 3 aliphatic rings. The zero-order chi connectivity index (χ0) is 17.9. The van der Waals surface area contributed by atoms with Gasteiger partial charge < -0.3 is 4.90 Å². The fourth-order valence-corrected chi connectivity index (χ4v) is 5.66. The number of amides is 1. The lowest BCUT2D eigenvalue weighted by molar-refractivity contribution is -0.139. The first-order valence-corrected chi connectivity index (χ1v) is 10.6. The SMILES string of the molecule is CCC[C@H]1CCC[C@H]2[C@@H]3C[C@@H](CN(C(=O)CCCn4cncn4)C3)CN12. The molecule has 0 saturated carbocycles. The molecule has 1 amide bonds. The molecule has 2 bridgehead atoms. The second kappa shape index (κ2) is 8.07. The smallest absolute Gasteiger partial charge is 0.222 e. The largest absolute Gasteiger partial charge is 0.342 e. The molecule has 0 aromatic carbocycles. The first-order chi connectivity index (χ1) is 12.7. The van der Waals surface area contributed by atoms with Gasteiger partial charge in [0.25, 0.3) is 0 Å². The van der Waals surface area contributed by atoms with Gasteiger partial charge in [0, 0.05) is 44.7 Å². The number of carbonyl (C=O) groups excluding carboxylic acids is 1. The number of hydrogen-bond acceptors (Lipinski definition) is 4. The Morgan fingerprint density at radius 1 is 1.23 bits per heavy atom. The number of carbonyl (C=O) groups is 1. The molecule has 3 aliphatic heterocycles. The maximum Gasteiger partial charge on any atom is 0.222 e. The van der Waals surface area contributed by atoms with Crippen molar-refractivity contribution in [3.63, 3.8) is 0 Å². The zero-order valence-corrected chi connectivity index (χ0v) is 16.1. The van der Waals surface area contributed by atoms with Crippen molar-refractivity contribution in [2.24, 2.45) is 11.8 Å². The topological polar surface area (TPSA) is 54.3 Å². The van der Waals surface area contributed by atoms with Gasteiger partial charge in [-0.2, -0.15) is 5.10 Å². The van der Waals surface area contributed by atoms with Crippen LogP contribution in [-0.2, 0) is 11.3 Å². The molecule has 0 radical (unpaired) electrons. The van der Waals surface area contributed by atoms with Gasteiger partial charge in [0.1, 0.15) is 12.7 Å². The molecule has 1 aromatic rings. The second-order valence-electron chi connectivity index (χ2n) is 8.56.